The van der Waals surface area contributed by atoms with Gasteiger partial charge in [0.1, 0.15) is 11.6 Å². The smallest absolute Gasteiger partial charge is 0.250 e. The summed E-state index contributed by atoms with van der Waals surface area (Å²) >= 11 is 3.70. The van der Waals surface area contributed by atoms with Crippen molar-refractivity contribution in [2.45, 2.75) is 81.9 Å². The Morgan fingerprint density at radius 2 is 1.94 bits per heavy atom. The van der Waals surface area contributed by atoms with E-state index in [-0.39, 0.29) is 29.2 Å². The van der Waals surface area contributed by atoms with Crippen LogP contribution in [0.2, 0.25) is 0 Å². The van der Waals surface area contributed by atoms with Gasteiger partial charge in [-0.3, -0.25) is 14.4 Å². The van der Waals surface area contributed by atoms with Crippen LogP contribution in [0.4, 0.5) is 5.69 Å². The van der Waals surface area contributed by atoms with Crippen LogP contribution in [0.25, 0.3) is 0 Å². The lowest BCUT2D eigenvalue weighted by Gasteiger charge is -2.34. The fraction of sp³-hybridized carbons (Fsp3) is 0.667. The van der Waals surface area contributed by atoms with E-state index in [2.05, 4.69) is 26.6 Å². The van der Waals surface area contributed by atoms with E-state index in [4.69, 9.17) is 9.84 Å². The molecule has 3 heterocycles. The number of likely N-dealkylation sites (tertiary alicyclic amines) is 1. The third-order valence-electron chi connectivity index (χ3n) is 7.85. The number of anilines is 1. The van der Waals surface area contributed by atoms with Crippen LogP contribution in [-0.2, 0) is 19.1 Å². The molecule has 3 aliphatic rings. The first kappa shape index (κ1) is 27.1. The third kappa shape index (κ3) is 4.82. The lowest BCUT2D eigenvalue weighted by Crippen LogP contribution is -2.54. The summed E-state index contributed by atoms with van der Waals surface area (Å²) in [5.74, 6) is -1.93. The molecule has 0 radical (unpaired) electrons. The van der Waals surface area contributed by atoms with Gasteiger partial charge in [-0.1, -0.05) is 47.8 Å². The van der Waals surface area contributed by atoms with Gasteiger partial charge >= 0.3 is 0 Å². The molecule has 3 saturated heterocycles. The van der Waals surface area contributed by atoms with Crippen molar-refractivity contribution >= 4 is 39.3 Å². The van der Waals surface area contributed by atoms with Crippen LogP contribution in [0.1, 0.15) is 56.6 Å². The van der Waals surface area contributed by atoms with E-state index in [1.807, 2.05) is 39.0 Å². The first-order chi connectivity index (χ1) is 17.2. The van der Waals surface area contributed by atoms with Gasteiger partial charge < -0.3 is 25.4 Å². The van der Waals surface area contributed by atoms with E-state index in [0.717, 1.165) is 42.5 Å². The second-order valence-corrected chi connectivity index (χ2v) is 11.6. The van der Waals surface area contributed by atoms with Crippen LogP contribution in [0.3, 0.4) is 0 Å². The molecular weight excluding hydrogens is 526 g/mol. The molecule has 3 unspecified atom stereocenters. The number of nitrogens with one attached hydrogen (secondary N) is 2. The number of fused-ring (bicyclic) bond motifs is 1. The molecule has 3 fully saturated rings. The summed E-state index contributed by atoms with van der Waals surface area (Å²) < 4.78 is 6.52. The summed E-state index contributed by atoms with van der Waals surface area (Å²) in [5, 5.41) is 15.1. The number of carbonyl (C=O) groups excluding carboxylic acids is 3. The van der Waals surface area contributed by atoms with Crippen LogP contribution in [0, 0.1) is 25.7 Å². The van der Waals surface area contributed by atoms with Gasteiger partial charge in [0.25, 0.3) is 0 Å². The Hall–Kier alpha value is -1.97. The third-order valence-corrected chi connectivity index (χ3v) is 8.69. The van der Waals surface area contributed by atoms with Crippen molar-refractivity contribution in [2.24, 2.45) is 11.8 Å². The summed E-state index contributed by atoms with van der Waals surface area (Å²) in [5.41, 5.74) is 1.64. The molecule has 198 valence electrons. The molecule has 1 aromatic carbocycles. The zero-order chi connectivity index (χ0) is 26.0. The number of carbonyl (C=O) groups is 3. The van der Waals surface area contributed by atoms with Crippen LogP contribution in [-0.4, -0.2) is 70.0 Å². The second-order valence-electron chi connectivity index (χ2n) is 10.4. The van der Waals surface area contributed by atoms with Crippen molar-refractivity contribution in [3.8, 4) is 0 Å². The second kappa shape index (κ2) is 11.2. The lowest BCUT2D eigenvalue weighted by atomic mass is 9.70. The van der Waals surface area contributed by atoms with E-state index in [9.17, 15) is 14.4 Å². The number of amides is 3. The SMILES string of the molecule is CCCNC(=O)[C@H]1[C@@H]2OC3(CC2Br)C(C(=O)Nc2cc(C)ccc2C)N(CCCCCCO)C(=O)[C@H]13. The molecule has 4 rings (SSSR count). The Bertz CT molecular complexity index is 1000. The quantitative estimate of drug-likeness (QED) is 0.283. The predicted octanol–water partition coefficient (Wildman–Crippen LogP) is 3.07. The van der Waals surface area contributed by atoms with Gasteiger partial charge in [-0.15, -0.1) is 0 Å². The Kier molecular flexibility index (Phi) is 8.42. The van der Waals surface area contributed by atoms with Crippen molar-refractivity contribution in [1.82, 2.24) is 10.2 Å². The number of benzene rings is 1. The van der Waals surface area contributed by atoms with Crippen LogP contribution in [0.5, 0.6) is 0 Å². The number of rotatable bonds is 11. The van der Waals surface area contributed by atoms with Crippen molar-refractivity contribution in [2.75, 3.05) is 25.0 Å². The standard InChI is InChI=1S/C27H38BrN3O5/c1-4-11-29-24(33)20-21-26(35)31(12-7-5-6-8-13-32)23(27(21)15-18(28)22(20)36-27)25(34)30-19-14-16(2)9-10-17(19)3/h9-10,14,18,20-23,32H,4-8,11-13,15H2,1-3H3,(H,29,33)(H,30,34)/t18?,20-,21+,22-,23?,27?/m1/s1. The molecule has 2 bridgehead atoms. The van der Waals surface area contributed by atoms with Gasteiger partial charge in [0.2, 0.25) is 17.7 Å². The summed E-state index contributed by atoms with van der Waals surface area (Å²) in [6.45, 7) is 6.99. The fourth-order valence-corrected chi connectivity index (χ4v) is 7.10. The van der Waals surface area contributed by atoms with Gasteiger partial charge in [0, 0.05) is 30.2 Å². The first-order valence-electron chi connectivity index (χ1n) is 13.1. The summed E-state index contributed by atoms with van der Waals surface area (Å²) in [4.78, 5) is 42.6. The van der Waals surface area contributed by atoms with Crippen molar-refractivity contribution in [3.63, 3.8) is 0 Å². The van der Waals surface area contributed by atoms with Crippen LogP contribution < -0.4 is 10.6 Å². The Labute approximate surface area is 221 Å². The Morgan fingerprint density at radius 1 is 1.19 bits per heavy atom. The van der Waals surface area contributed by atoms with E-state index in [1.165, 1.54) is 0 Å². The highest BCUT2D eigenvalue weighted by atomic mass is 79.9. The first-order valence-corrected chi connectivity index (χ1v) is 14.1. The number of alkyl halides is 1. The minimum Gasteiger partial charge on any atom is -0.396 e. The van der Waals surface area contributed by atoms with Crippen LogP contribution >= 0.6 is 15.9 Å². The molecule has 1 aromatic rings. The molecule has 1 spiro atoms. The predicted molar refractivity (Wildman–Crippen MR) is 141 cm³/mol. The fourth-order valence-electron chi connectivity index (χ4n) is 6.16. The highest BCUT2D eigenvalue weighted by Crippen LogP contribution is 2.60. The number of aliphatic hydroxyl groups excluding tert-OH is 1. The summed E-state index contributed by atoms with van der Waals surface area (Å²) in [6, 6.07) is 5.07. The van der Waals surface area contributed by atoms with Gasteiger partial charge in [-0.05, 0) is 56.7 Å². The van der Waals surface area contributed by atoms with Gasteiger partial charge in [-0.2, -0.15) is 0 Å². The maximum Gasteiger partial charge on any atom is 0.250 e. The molecule has 36 heavy (non-hydrogen) atoms. The zero-order valence-corrected chi connectivity index (χ0v) is 23.0. The number of unbranched alkanes of at least 4 members (excludes halogenated alkanes) is 3. The molecular formula is C27H38BrN3O5. The summed E-state index contributed by atoms with van der Waals surface area (Å²) in [6.07, 6.45) is 3.99. The number of aliphatic hydroxyl groups is 1. The van der Waals surface area contributed by atoms with Gasteiger partial charge in [-0.25, -0.2) is 0 Å². The van der Waals surface area contributed by atoms with E-state index in [1.54, 1.807) is 4.90 Å². The van der Waals surface area contributed by atoms with Gasteiger partial charge in [0.05, 0.1) is 17.9 Å². The molecule has 0 aliphatic carbocycles. The molecule has 6 atom stereocenters. The Morgan fingerprint density at radius 3 is 2.67 bits per heavy atom. The molecule has 3 aliphatic heterocycles. The number of aryl methyl sites for hydroxylation is 2. The minimum atomic E-state index is -1.04. The average Bonchev–Trinajstić information content (AvgIpc) is 3.43. The molecule has 3 amide bonds. The zero-order valence-electron chi connectivity index (χ0n) is 21.4. The number of halogens is 1. The summed E-state index contributed by atoms with van der Waals surface area (Å²) in [7, 11) is 0. The number of ether oxygens (including phenoxy) is 1. The number of hydrogen-bond donors (Lipinski definition) is 3. The lowest BCUT2D eigenvalue weighted by molar-refractivity contribution is -0.140. The maximum atomic E-state index is 13.9. The van der Waals surface area contributed by atoms with E-state index in [0.29, 0.717) is 25.9 Å². The van der Waals surface area contributed by atoms with Crippen LogP contribution in [0.15, 0.2) is 18.2 Å². The largest absolute Gasteiger partial charge is 0.396 e. The van der Waals surface area contributed by atoms with E-state index < -0.39 is 29.6 Å². The monoisotopic (exact) mass is 563 g/mol. The average molecular weight is 565 g/mol. The maximum absolute atomic E-state index is 13.9. The molecule has 9 heteroatoms. The van der Waals surface area contributed by atoms with E-state index >= 15 is 0 Å². The minimum absolute atomic E-state index is 0.112. The molecule has 3 N–H and O–H groups in total. The van der Waals surface area contributed by atoms with Crippen molar-refractivity contribution in [3.05, 3.63) is 29.3 Å². The van der Waals surface area contributed by atoms with Gasteiger partial charge in [0.15, 0.2) is 0 Å². The molecule has 8 nitrogen and oxygen atoms in total. The molecule has 0 saturated carbocycles. The van der Waals surface area contributed by atoms with Crippen molar-refractivity contribution < 1.29 is 24.2 Å². The molecule has 0 aromatic heterocycles. The highest BCUT2D eigenvalue weighted by Gasteiger charge is 2.76. The highest BCUT2D eigenvalue weighted by molar-refractivity contribution is 9.09. The normalized spacial score (nSPS) is 30.5. The number of hydrogen-bond acceptors (Lipinski definition) is 5. The van der Waals surface area contributed by atoms with Crippen molar-refractivity contribution in [1.29, 1.82) is 0 Å². The number of nitrogens with zero attached hydrogens (tertiary/aromatic N) is 1. The Balaban J connectivity index is 1.65. The topological polar surface area (TPSA) is 108 Å².